The van der Waals surface area contributed by atoms with Crippen molar-refractivity contribution in [3.8, 4) is 6.07 Å². The number of hydrogen-bond donors (Lipinski definition) is 1. The minimum atomic E-state index is -0.732. The summed E-state index contributed by atoms with van der Waals surface area (Å²) in [6, 6.07) is 33.0. The molecular formula is C31H33N3O5. The molecule has 0 saturated carbocycles. The molecule has 1 N–H and O–H groups in total. The quantitative estimate of drug-likeness (QED) is 0.213. The molecule has 5 rings (SSSR count). The van der Waals surface area contributed by atoms with E-state index in [9.17, 15) is 14.8 Å². The van der Waals surface area contributed by atoms with Gasteiger partial charge in [-0.15, -0.1) is 0 Å². The predicted octanol–water partition coefficient (Wildman–Crippen LogP) is 6.28. The Balaban J connectivity index is 0.000000163. The van der Waals surface area contributed by atoms with Crippen molar-refractivity contribution in [1.82, 2.24) is 10.5 Å². The lowest BCUT2D eigenvalue weighted by atomic mass is 10.1. The van der Waals surface area contributed by atoms with Gasteiger partial charge in [-0.25, -0.2) is 4.79 Å². The summed E-state index contributed by atoms with van der Waals surface area (Å²) in [6.07, 6.45) is 6.64. The van der Waals surface area contributed by atoms with Gasteiger partial charge in [-0.3, -0.25) is 9.32 Å². The van der Waals surface area contributed by atoms with Crippen LogP contribution in [0.1, 0.15) is 60.7 Å². The Morgan fingerprint density at radius 3 is 1.95 bits per heavy atom. The summed E-state index contributed by atoms with van der Waals surface area (Å²) < 4.78 is 8.98. The Labute approximate surface area is 228 Å². The van der Waals surface area contributed by atoms with Crippen LogP contribution in [0.3, 0.4) is 0 Å². The fraction of sp³-hybridized carbons (Fsp3) is 0.290. The second-order valence-electron chi connectivity index (χ2n) is 8.93. The average Bonchev–Trinajstić information content (AvgIpc) is 3.61. The normalized spacial score (nSPS) is 13.5. The second-order valence-corrected chi connectivity index (χ2v) is 8.93. The van der Waals surface area contributed by atoms with Crippen LogP contribution in [0.25, 0.3) is 5.01 Å². The summed E-state index contributed by atoms with van der Waals surface area (Å²) in [5.74, 6) is -0.190. The van der Waals surface area contributed by atoms with Crippen molar-refractivity contribution < 1.29 is 13.7 Å². The average molecular weight is 528 g/mol. The van der Waals surface area contributed by atoms with E-state index in [1.165, 1.54) is 16.7 Å². The Morgan fingerprint density at radius 1 is 0.846 bits per heavy atom. The lowest BCUT2D eigenvalue weighted by Gasteiger charge is -2.08. The highest BCUT2D eigenvalue weighted by Crippen LogP contribution is 2.22. The van der Waals surface area contributed by atoms with Gasteiger partial charge in [0.1, 0.15) is 0 Å². The van der Waals surface area contributed by atoms with Crippen LogP contribution in [0.15, 0.2) is 105 Å². The van der Waals surface area contributed by atoms with Crippen LogP contribution in [0.5, 0.6) is 0 Å². The van der Waals surface area contributed by atoms with Crippen LogP contribution >= 0.6 is 0 Å². The lowest BCUT2D eigenvalue weighted by molar-refractivity contribution is -0.119. The molecular weight excluding hydrogens is 494 g/mol. The molecule has 1 saturated heterocycles. The number of carbonyl (C=O) groups excluding carboxylic acids is 1. The first-order valence-electron chi connectivity index (χ1n) is 13.1. The zero-order chi connectivity index (χ0) is 27.5. The van der Waals surface area contributed by atoms with Crippen molar-refractivity contribution in [1.29, 1.82) is 0 Å². The van der Waals surface area contributed by atoms with E-state index in [0.717, 1.165) is 32.1 Å². The van der Waals surface area contributed by atoms with Crippen molar-refractivity contribution in [2.45, 2.75) is 57.4 Å². The topological polar surface area (TPSA) is 113 Å². The summed E-state index contributed by atoms with van der Waals surface area (Å²) in [7, 11) is 0. The van der Waals surface area contributed by atoms with E-state index in [1.807, 2.05) is 54.6 Å². The Morgan fingerprint density at radius 2 is 1.44 bits per heavy atom. The second kappa shape index (κ2) is 17.0. The van der Waals surface area contributed by atoms with Gasteiger partial charge in [-0.2, -0.15) is 0 Å². The zero-order valence-corrected chi connectivity index (χ0v) is 21.8. The molecule has 1 fully saturated rings. The molecule has 1 aromatic heterocycles. The van der Waals surface area contributed by atoms with Gasteiger partial charge in [-0.1, -0.05) is 91.0 Å². The Bertz CT molecular complexity index is 1340. The highest BCUT2D eigenvalue weighted by atomic mass is 16.6. The van der Waals surface area contributed by atoms with E-state index >= 15 is 0 Å². The number of rotatable bonds is 8. The van der Waals surface area contributed by atoms with Crippen molar-refractivity contribution in [2.75, 3.05) is 0 Å². The molecule has 202 valence electrons. The van der Waals surface area contributed by atoms with Gasteiger partial charge in [0.25, 0.3) is 6.07 Å². The number of carbonyl (C=O) groups is 1. The van der Waals surface area contributed by atoms with Crippen LogP contribution in [-0.4, -0.2) is 11.1 Å². The van der Waals surface area contributed by atoms with Gasteiger partial charge in [-0.05, 0) is 54.0 Å². The molecule has 3 aromatic carbocycles. The van der Waals surface area contributed by atoms with E-state index in [1.54, 1.807) is 0 Å². The number of benzene rings is 3. The highest BCUT2D eigenvalue weighted by Gasteiger charge is 2.21. The van der Waals surface area contributed by atoms with E-state index in [4.69, 9.17) is 0 Å². The van der Waals surface area contributed by atoms with Crippen molar-refractivity contribution in [2.24, 2.45) is 0 Å². The number of hydrogen-bond acceptors (Lipinski definition) is 6. The fourth-order valence-electron chi connectivity index (χ4n) is 4.02. The first-order valence-corrected chi connectivity index (χ1v) is 13.1. The highest BCUT2D eigenvalue weighted by molar-refractivity contribution is 5.78. The summed E-state index contributed by atoms with van der Waals surface area (Å²) in [5, 5.41) is 18.6. The van der Waals surface area contributed by atoms with E-state index in [0.29, 0.717) is 25.2 Å². The molecule has 1 aliphatic heterocycles. The van der Waals surface area contributed by atoms with Gasteiger partial charge >= 0.3 is 5.82 Å². The monoisotopic (exact) mass is 527 g/mol. The molecule has 1 aliphatic rings. The Kier molecular flexibility index (Phi) is 12.6. The molecule has 8 heteroatoms. The van der Waals surface area contributed by atoms with E-state index in [-0.39, 0.29) is 11.9 Å². The largest absolute Gasteiger partial charge is 0.542 e. The minimum Gasteiger partial charge on any atom is -0.498 e. The number of nitrogens with one attached hydrogen (secondary N) is 1. The Hall–Kier alpha value is -4.64. The third-order valence-electron chi connectivity index (χ3n) is 5.98. The molecule has 0 bridgehead atoms. The maximum absolute atomic E-state index is 10.9. The summed E-state index contributed by atoms with van der Waals surface area (Å²) in [4.78, 5) is 21.4. The van der Waals surface area contributed by atoms with Crippen LogP contribution in [0.4, 0.5) is 0 Å². The SMILES string of the molecule is O=C1CC[C@H](c2ccccc2)N1.O=c1onc(CCCc2ccccc2)o1.[O-][N+]#CCCCc1ccccc1. The summed E-state index contributed by atoms with van der Waals surface area (Å²) in [6.45, 7) is 0. The maximum Gasteiger partial charge on any atom is 0.542 e. The molecule has 0 radical (unpaired) electrons. The van der Waals surface area contributed by atoms with E-state index < -0.39 is 5.82 Å². The van der Waals surface area contributed by atoms with Gasteiger partial charge < -0.3 is 14.9 Å². The number of nitrogens with zero attached hydrogens (tertiary/aromatic N) is 2. The van der Waals surface area contributed by atoms with Crippen molar-refractivity contribution in [3.63, 3.8) is 0 Å². The molecule has 1 atom stereocenters. The number of unbranched alkanes of at least 4 members (excludes halogenated alkanes) is 1. The predicted molar refractivity (Wildman–Crippen MR) is 150 cm³/mol. The lowest BCUT2D eigenvalue weighted by Crippen LogP contribution is -2.17. The molecule has 0 aliphatic carbocycles. The summed E-state index contributed by atoms with van der Waals surface area (Å²) >= 11 is 0. The number of amides is 1. The van der Waals surface area contributed by atoms with E-state index in [2.05, 4.69) is 66.9 Å². The zero-order valence-electron chi connectivity index (χ0n) is 21.8. The number of aromatic nitrogens is 1. The van der Waals surface area contributed by atoms with Crippen molar-refractivity contribution in [3.05, 3.63) is 134 Å². The minimum absolute atomic E-state index is 0.170. The number of aryl methyl sites for hydroxylation is 3. The fourth-order valence-corrected chi connectivity index (χ4v) is 4.02. The summed E-state index contributed by atoms with van der Waals surface area (Å²) in [5.41, 5.74) is 3.77. The molecule has 39 heavy (non-hydrogen) atoms. The first kappa shape index (κ1) is 28.9. The van der Waals surface area contributed by atoms with Gasteiger partial charge in [0.15, 0.2) is 0 Å². The van der Waals surface area contributed by atoms with Gasteiger partial charge in [0.05, 0.1) is 12.5 Å². The maximum atomic E-state index is 10.9. The van der Waals surface area contributed by atoms with Crippen molar-refractivity contribution >= 4 is 5.91 Å². The molecule has 4 aromatic rings. The van der Waals surface area contributed by atoms with Gasteiger partial charge in [0.2, 0.25) is 11.8 Å². The third-order valence-corrected chi connectivity index (χ3v) is 5.98. The third kappa shape index (κ3) is 11.5. The van der Waals surface area contributed by atoms with Crippen LogP contribution in [0, 0.1) is 11.3 Å². The van der Waals surface area contributed by atoms with Gasteiger partial charge in [0, 0.05) is 17.8 Å². The van der Waals surface area contributed by atoms with Crippen LogP contribution < -0.4 is 11.1 Å². The molecule has 0 spiro atoms. The standard InChI is InChI=1S/C11H11NO3.2C10H11NO/c13-11-14-10(12-15-11)8-4-7-9-5-2-1-3-6-9;12-10-7-6-9(11-10)8-4-2-1-3-5-8;12-11-9-5-4-8-10-6-2-1-3-7-10/h1-3,5-6H,4,7-8H2;1-5,9H,6-7H2,(H,11,12);1-3,6-7H,4-5,8H2/t;9-;/m.1./s1. The smallest absolute Gasteiger partial charge is 0.498 e. The molecule has 1 amide bonds. The molecule has 2 heterocycles. The first-order chi connectivity index (χ1) is 19.1. The van der Waals surface area contributed by atoms with Crippen LogP contribution in [-0.2, 0) is 24.1 Å². The van der Waals surface area contributed by atoms with Crippen LogP contribution in [0.2, 0.25) is 0 Å². The molecule has 8 nitrogen and oxygen atoms in total. The molecule has 0 unspecified atom stereocenters.